The van der Waals surface area contributed by atoms with Crippen molar-refractivity contribution in [3.63, 3.8) is 0 Å². The second-order valence-electron chi connectivity index (χ2n) is 5.97. The number of aliphatic hydroxyl groups is 1. The van der Waals surface area contributed by atoms with Gasteiger partial charge in [0.15, 0.2) is 0 Å². The third-order valence-corrected chi connectivity index (χ3v) is 3.93. The van der Waals surface area contributed by atoms with Gasteiger partial charge in [-0.1, -0.05) is 19.9 Å². The number of hydrogen-bond acceptors (Lipinski definition) is 4. The molecule has 3 rings (SSSR count). The number of phenols is 1. The minimum absolute atomic E-state index is 0.0115. The van der Waals surface area contributed by atoms with E-state index in [1.165, 1.54) is 36.4 Å². The van der Waals surface area contributed by atoms with Crippen LogP contribution in [0.15, 0.2) is 45.6 Å². The van der Waals surface area contributed by atoms with Crippen LogP contribution in [0.2, 0.25) is 0 Å². The van der Waals surface area contributed by atoms with Crippen molar-refractivity contribution in [2.24, 2.45) is 0 Å². The molecule has 0 unspecified atom stereocenters. The molecule has 0 aliphatic heterocycles. The molecule has 1 heterocycles. The van der Waals surface area contributed by atoms with Crippen molar-refractivity contribution in [2.45, 2.75) is 26.4 Å². The van der Waals surface area contributed by atoms with Crippen LogP contribution in [0.4, 0.5) is 4.39 Å². The average Bonchev–Trinajstić information content (AvgIpc) is 2.55. The zero-order chi connectivity index (χ0) is 17.4. The molecule has 0 spiro atoms. The maximum absolute atomic E-state index is 13.7. The second-order valence-corrected chi connectivity index (χ2v) is 5.97. The van der Waals surface area contributed by atoms with Gasteiger partial charge in [0, 0.05) is 17.5 Å². The van der Waals surface area contributed by atoms with E-state index in [1.807, 2.05) is 13.8 Å². The molecule has 0 saturated heterocycles. The van der Waals surface area contributed by atoms with Crippen LogP contribution in [0.5, 0.6) is 5.75 Å². The van der Waals surface area contributed by atoms with Gasteiger partial charge in [-0.25, -0.2) is 4.39 Å². The topological polar surface area (TPSA) is 70.7 Å². The Morgan fingerprint density at radius 3 is 2.58 bits per heavy atom. The van der Waals surface area contributed by atoms with Crippen LogP contribution >= 0.6 is 0 Å². The van der Waals surface area contributed by atoms with Crippen LogP contribution in [0.1, 0.15) is 31.1 Å². The minimum atomic E-state index is -0.526. The molecule has 124 valence electrons. The highest BCUT2D eigenvalue weighted by Crippen LogP contribution is 2.31. The van der Waals surface area contributed by atoms with E-state index in [2.05, 4.69) is 0 Å². The fourth-order valence-electron chi connectivity index (χ4n) is 2.73. The first-order valence-corrected chi connectivity index (χ1v) is 7.61. The summed E-state index contributed by atoms with van der Waals surface area (Å²) in [4.78, 5) is 13.0. The summed E-state index contributed by atoms with van der Waals surface area (Å²) in [5.41, 5.74) is 1.01. The molecule has 0 bridgehead atoms. The van der Waals surface area contributed by atoms with Crippen molar-refractivity contribution in [1.82, 2.24) is 0 Å². The lowest BCUT2D eigenvalue weighted by atomic mass is 9.95. The van der Waals surface area contributed by atoms with Crippen LogP contribution in [-0.4, -0.2) is 10.2 Å². The van der Waals surface area contributed by atoms with Gasteiger partial charge in [-0.2, -0.15) is 0 Å². The molecule has 3 aromatic rings. The first kappa shape index (κ1) is 16.2. The number of phenolic OH excluding ortho intramolecular Hbond substituents is 1. The summed E-state index contributed by atoms with van der Waals surface area (Å²) in [7, 11) is 0. The van der Waals surface area contributed by atoms with Gasteiger partial charge < -0.3 is 14.6 Å². The molecular weight excluding hydrogens is 311 g/mol. The average molecular weight is 328 g/mol. The van der Waals surface area contributed by atoms with Gasteiger partial charge in [0.25, 0.3) is 0 Å². The van der Waals surface area contributed by atoms with Gasteiger partial charge in [-0.15, -0.1) is 0 Å². The molecule has 2 N–H and O–H groups in total. The van der Waals surface area contributed by atoms with Crippen molar-refractivity contribution in [3.8, 4) is 16.9 Å². The lowest BCUT2D eigenvalue weighted by Crippen LogP contribution is -2.10. The number of fused-ring (bicyclic) bond motifs is 1. The number of benzene rings is 2. The molecule has 24 heavy (non-hydrogen) atoms. The summed E-state index contributed by atoms with van der Waals surface area (Å²) in [5.74, 6) is -0.157. The summed E-state index contributed by atoms with van der Waals surface area (Å²) >= 11 is 0. The number of aromatic hydroxyl groups is 1. The van der Waals surface area contributed by atoms with E-state index in [-0.39, 0.29) is 22.7 Å². The molecule has 0 saturated carbocycles. The Hall–Kier alpha value is -2.66. The fourth-order valence-corrected chi connectivity index (χ4v) is 2.73. The smallest absolute Gasteiger partial charge is 0.200 e. The van der Waals surface area contributed by atoms with E-state index in [1.54, 1.807) is 0 Å². The summed E-state index contributed by atoms with van der Waals surface area (Å²) in [6.07, 6.45) is 0. The predicted molar refractivity (Wildman–Crippen MR) is 89.6 cm³/mol. The number of halogens is 1. The quantitative estimate of drug-likeness (QED) is 0.764. The molecule has 5 heteroatoms. The monoisotopic (exact) mass is 328 g/mol. The Balaban J connectivity index is 2.38. The van der Waals surface area contributed by atoms with Gasteiger partial charge in [-0.05, 0) is 29.8 Å². The molecule has 1 aromatic heterocycles. The Kier molecular flexibility index (Phi) is 4.11. The summed E-state index contributed by atoms with van der Waals surface area (Å²) in [6, 6.07) is 8.50. The van der Waals surface area contributed by atoms with Crippen molar-refractivity contribution in [1.29, 1.82) is 0 Å². The molecule has 0 fully saturated rings. The normalized spacial score (nSPS) is 11.4. The fraction of sp³-hybridized carbons (Fsp3) is 0.211. The van der Waals surface area contributed by atoms with E-state index in [0.29, 0.717) is 27.9 Å². The van der Waals surface area contributed by atoms with Gasteiger partial charge >= 0.3 is 0 Å². The molecule has 0 aliphatic carbocycles. The van der Waals surface area contributed by atoms with E-state index in [4.69, 9.17) is 4.42 Å². The maximum atomic E-state index is 13.7. The van der Waals surface area contributed by atoms with Crippen LogP contribution in [0, 0.1) is 5.82 Å². The lowest BCUT2D eigenvalue weighted by Gasteiger charge is -2.14. The highest BCUT2D eigenvalue weighted by Gasteiger charge is 2.19. The maximum Gasteiger partial charge on any atom is 0.200 e. The third kappa shape index (κ3) is 2.67. The van der Waals surface area contributed by atoms with Crippen molar-refractivity contribution >= 4 is 11.0 Å². The number of hydrogen-bond donors (Lipinski definition) is 2. The third-order valence-electron chi connectivity index (χ3n) is 3.93. The molecule has 0 amide bonds. The Labute approximate surface area is 137 Å². The summed E-state index contributed by atoms with van der Waals surface area (Å²) < 4.78 is 19.5. The van der Waals surface area contributed by atoms with E-state index in [9.17, 15) is 19.4 Å². The van der Waals surface area contributed by atoms with Crippen LogP contribution in [0.3, 0.4) is 0 Å². The molecule has 0 aliphatic rings. The standard InChI is InChI=1S/C19H17FO4/c1-10(2)19-17(11-3-6-15(20)12(7-11)9-21)18(23)14-5-4-13(22)8-16(14)24-19/h3-8,10,21-22H,9H2,1-2H3. The van der Waals surface area contributed by atoms with E-state index in [0.717, 1.165) is 0 Å². The number of rotatable bonds is 3. The highest BCUT2D eigenvalue weighted by molar-refractivity contribution is 5.84. The zero-order valence-corrected chi connectivity index (χ0v) is 13.3. The van der Waals surface area contributed by atoms with Gasteiger partial charge in [0.2, 0.25) is 5.43 Å². The summed E-state index contributed by atoms with van der Waals surface area (Å²) in [6.45, 7) is 3.31. The summed E-state index contributed by atoms with van der Waals surface area (Å²) in [5, 5.41) is 19.2. The molecule has 0 radical (unpaired) electrons. The van der Waals surface area contributed by atoms with Crippen LogP contribution < -0.4 is 5.43 Å². The first-order chi connectivity index (χ1) is 11.4. The molecule has 4 nitrogen and oxygen atoms in total. The van der Waals surface area contributed by atoms with Gasteiger partial charge in [0.05, 0.1) is 17.6 Å². The Morgan fingerprint density at radius 1 is 1.17 bits per heavy atom. The molecule has 0 atom stereocenters. The highest BCUT2D eigenvalue weighted by atomic mass is 19.1. The van der Waals surface area contributed by atoms with E-state index < -0.39 is 12.4 Å². The van der Waals surface area contributed by atoms with Crippen LogP contribution in [0.25, 0.3) is 22.1 Å². The van der Waals surface area contributed by atoms with Crippen molar-refractivity contribution < 1.29 is 19.0 Å². The van der Waals surface area contributed by atoms with Crippen molar-refractivity contribution in [3.05, 3.63) is 63.8 Å². The van der Waals surface area contributed by atoms with Crippen molar-refractivity contribution in [2.75, 3.05) is 0 Å². The SMILES string of the molecule is CC(C)c1oc2cc(O)ccc2c(=O)c1-c1ccc(F)c(CO)c1. The predicted octanol–water partition coefficient (Wildman–Crippen LogP) is 3.92. The Bertz CT molecular complexity index is 973. The van der Waals surface area contributed by atoms with E-state index >= 15 is 0 Å². The lowest BCUT2D eigenvalue weighted by molar-refractivity contribution is 0.276. The minimum Gasteiger partial charge on any atom is -0.508 e. The second kappa shape index (κ2) is 6.09. The number of aliphatic hydroxyl groups excluding tert-OH is 1. The van der Waals surface area contributed by atoms with Gasteiger partial charge in [0.1, 0.15) is 22.9 Å². The Morgan fingerprint density at radius 2 is 1.92 bits per heavy atom. The van der Waals surface area contributed by atoms with Crippen LogP contribution in [-0.2, 0) is 6.61 Å². The molecular formula is C19H17FO4. The molecule has 2 aromatic carbocycles. The van der Waals surface area contributed by atoms with Gasteiger partial charge in [-0.3, -0.25) is 4.79 Å². The zero-order valence-electron chi connectivity index (χ0n) is 13.3. The first-order valence-electron chi connectivity index (χ1n) is 7.61. The largest absolute Gasteiger partial charge is 0.508 e.